The number of hydrogen-bond acceptors (Lipinski definition) is 4. The van der Waals surface area contributed by atoms with Crippen LogP contribution >= 0.6 is 0 Å². The summed E-state index contributed by atoms with van der Waals surface area (Å²) < 4.78 is 0. The number of likely N-dealkylation sites (tertiary alicyclic amines) is 1. The van der Waals surface area contributed by atoms with E-state index in [-0.39, 0.29) is 11.9 Å². The van der Waals surface area contributed by atoms with Gasteiger partial charge in [-0.25, -0.2) is 4.79 Å². The predicted octanol–water partition coefficient (Wildman–Crippen LogP) is 0.539. The average Bonchev–Trinajstić information content (AvgIpc) is 2.43. The van der Waals surface area contributed by atoms with Crippen molar-refractivity contribution in [3.8, 4) is 0 Å². The molecule has 0 radical (unpaired) electrons. The summed E-state index contributed by atoms with van der Waals surface area (Å²) in [5.41, 5.74) is 12.1. The van der Waals surface area contributed by atoms with Gasteiger partial charge < -0.3 is 22.1 Å². The Morgan fingerprint density at radius 2 is 1.62 bits per heavy atom. The smallest absolute Gasteiger partial charge is 0.316 e. The van der Waals surface area contributed by atoms with Crippen LogP contribution in [0.2, 0.25) is 0 Å². The van der Waals surface area contributed by atoms with E-state index in [0.717, 1.165) is 25.9 Å². The average molecular weight is 291 g/mol. The Bertz CT molecular complexity index is 495. The molecule has 0 atom stereocenters. The van der Waals surface area contributed by atoms with Crippen LogP contribution in [0, 0.1) is 0 Å². The number of primary amides is 1. The number of nitrogens with zero attached hydrogens (tertiary/aromatic N) is 1. The predicted molar refractivity (Wildman–Crippen MR) is 81.9 cm³/mol. The SMILES string of the molecule is NC(=O)Nc1ccc(NC(=O)CN2CCC(N)CC2)cc1. The summed E-state index contributed by atoms with van der Waals surface area (Å²) in [7, 11) is 0. The van der Waals surface area contributed by atoms with Crippen LogP contribution in [-0.4, -0.2) is 42.5 Å². The van der Waals surface area contributed by atoms with Crippen LogP contribution in [0.1, 0.15) is 12.8 Å². The van der Waals surface area contributed by atoms with E-state index in [9.17, 15) is 9.59 Å². The molecule has 1 aliphatic heterocycles. The first-order valence-electron chi connectivity index (χ1n) is 6.97. The van der Waals surface area contributed by atoms with Crippen LogP contribution in [0.4, 0.5) is 16.2 Å². The van der Waals surface area contributed by atoms with Gasteiger partial charge in [0.15, 0.2) is 0 Å². The van der Waals surface area contributed by atoms with Crippen LogP contribution in [0.25, 0.3) is 0 Å². The molecule has 0 spiro atoms. The van der Waals surface area contributed by atoms with Gasteiger partial charge in [-0.15, -0.1) is 0 Å². The van der Waals surface area contributed by atoms with Gasteiger partial charge in [-0.05, 0) is 37.1 Å². The van der Waals surface area contributed by atoms with E-state index in [1.54, 1.807) is 24.3 Å². The van der Waals surface area contributed by atoms with Crippen molar-refractivity contribution < 1.29 is 9.59 Å². The molecule has 0 bridgehead atoms. The summed E-state index contributed by atoms with van der Waals surface area (Å²) in [6, 6.07) is 6.44. The summed E-state index contributed by atoms with van der Waals surface area (Å²) in [6.07, 6.45) is 1.86. The lowest BCUT2D eigenvalue weighted by atomic mass is 10.1. The summed E-state index contributed by atoms with van der Waals surface area (Å²) in [6.45, 7) is 2.08. The number of rotatable bonds is 4. The number of nitrogens with one attached hydrogen (secondary N) is 2. The van der Waals surface area contributed by atoms with Crippen LogP contribution in [0.3, 0.4) is 0 Å². The highest BCUT2D eigenvalue weighted by molar-refractivity contribution is 5.93. The van der Waals surface area contributed by atoms with E-state index in [2.05, 4.69) is 15.5 Å². The first-order valence-corrected chi connectivity index (χ1v) is 6.97. The van der Waals surface area contributed by atoms with E-state index in [4.69, 9.17) is 11.5 Å². The second-order valence-electron chi connectivity index (χ2n) is 5.23. The molecule has 1 fully saturated rings. The number of benzene rings is 1. The molecule has 1 saturated heterocycles. The zero-order valence-electron chi connectivity index (χ0n) is 11.8. The molecule has 7 heteroatoms. The first kappa shape index (κ1) is 15.3. The zero-order valence-corrected chi connectivity index (χ0v) is 11.8. The van der Waals surface area contributed by atoms with Gasteiger partial charge in [0.1, 0.15) is 0 Å². The van der Waals surface area contributed by atoms with Crippen molar-refractivity contribution in [2.75, 3.05) is 30.3 Å². The van der Waals surface area contributed by atoms with Crippen molar-refractivity contribution in [2.24, 2.45) is 11.5 Å². The Hall–Kier alpha value is -2.12. The lowest BCUT2D eigenvalue weighted by Crippen LogP contribution is -2.43. The van der Waals surface area contributed by atoms with Crippen LogP contribution in [-0.2, 0) is 4.79 Å². The van der Waals surface area contributed by atoms with Gasteiger partial charge in [0.2, 0.25) is 5.91 Å². The fourth-order valence-electron chi connectivity index (χ4n) is 2.29. The van der Waals surface area contributed by atoms with Crippen LogP contribution in [0.5, 0.6) is 0 Å². The minimum absolute atomic E-state index is 0.0546. The highest BCUT2D eigenvalue weighted by Gasteiger charge is 2.18. The minimum Gasteiger partial charge on any atom is -0.351 e. The molecule has 1 aliphatic rings. The number of hydrogen-bond donors (Lipinski definition) is 4. The molecule has 0 saturated carbocycles. The number of amides is 3. The minimum atomic E-state index is -0.616. The molecule has 1 aromatic rings. The van der Waals surface area contributed by atoms with Crippen molar-refractivity contribution >= 4 is 23.3 Å². The number of carbonyl (C=O) groups excluding carboxylic acids is 2. The van der Waals surface area contributed by atoms with Gasteiger partial charge in [-0.3, -0.25) is 9.69 Å². The van der Waals surface area contributed by atoms with Crippen LogP contribution < -0.4 is 22.1 Å². The Balaban J connectivity index is 1.80. The first-order chi connectivity index (χ1) is 10.0. The maximum atomic E-state index is 12.0. The number of anilines is 2. The quantitative estimate of drug-likeness (QED) is 0.648. The second-order valence-corrected chi connectivity index (χ2v) is 5.23. The normalized spacial score (nSPS) is 16.4. The van der Waals surface area contributed by atoms with Gasteiger partial charge in [-0.1, -0.05) is 0 Å². The molecule has 7 nitrogen and oxygen atoms in total. The molecule has 1 heterocycles. The molecule has 0 aromatic heterocycles. The fraction of sp³-hybridized carbons (Fsp3) is 0.429. The highest BCUT2D eigenvalue weighted by atomic mass is 16.2. The topological polar surface area (TPSA) is 113 Å². The molecule has 21 heavy (non-hydrogen) atoms. The van der Waals surface area contributed by atoms with Gasteiger partial charge >= 0.3 is 6.03 Å². The van der Waals surface area contributed by atoms with Crippen molar-refractivity contribution in [1.29, 1.82) is 0 Å². The summed E-state index contributed by atoms with van der Waals surface area (Å²) in [5, 5.41) is 5.29. The third-order valence-electron chi connectivity index (χ3n) is 3.44. The third kappa shape index (κ3) is 5.05. The second kappa shape index (κ2) is 7.05. The van der Waals surface area contributed by atoms with Crippen molar-refractivity contribution in [2.45, 2.75) is 18.9 Å². The largest absolute Gasteiger partial charge is 0.351 e. The number of piperidine rings is 1. The summed E-state index contributed by atoms with van der Waals surface area (Å²) in [4.78, 5) is 24.8. The van der Waals surface area contributed by atoms with E-state index in [1.165, 1.54) is 0 Å². The highest BCUT2D eigenvalue weighted by Crippen LogP contribution is 2.14. The van der Waals surface area contributed by atoms with Gasteiger partial charge in [0.05, 0.1) is 6.54 Å². The maximum absolute atomic E-state index is 12.0. The Morgan fingerprint density at radius 3 is 2.14 bits per heavy atom. The zero-order chi connectivity index (χ0) is 15.2. The lowest BCUT2D eigenvalue weighted by molar-refractivity contribution is -0.117. The van der Waals surface area contributed by atoms with Crippen molar-refractivity contribution in [1.82, 2.24) is 4.90 Å². The molecular formula is C14H21N5O2. The lowest BCUT2D eigenvalue weighted by Gasteiger charge is -2.29. The number of urea groups is 1. The molecule has 1 aromatic carbocycles. The summed E-state index contributed by atoms with van der Waals surface area (Å²) in [5.74, 6) is -0.0546. The molecule has 6 N–H and O–H groups in total. The fourth-order valence-corrected chi connectivity index (χ4v) is 2.29. The maximum Gasteiger partial charge on any atom is 0.316 e. The molecule has 2 rings (SSSR count). The molecule has 0 unspecified atom stereocenters. The standard InChI is InChI=1S/C14H21N5O2/c15-10-5-7-19(8-6-10)9-13(20)17-11-1-3-12(4-2-11)18-14(16)21/h1-4,10H,5-9,15H2,(H,17,20)(H3,16,18,21). The number of carbonyl (C=O) groups is 2. The van der Waals surface area contributed by atoms with Gasteiger partial charge in [0.25, 0.3) is 0 Å². The van der Waals surface area contributed by atoms with E-state index in [0.29, 0.717) is 17.9 Å². The van der Waals surface area contributed by atoms with Gasteiger partial charge in [-0.2, -0.15) is 0 Å². The number of nitrogens with two attached hydrogens (primary N) is 2. The van der Waals surface area contributed by atoms with Crippen molar-refractivity contribution in [3.63, 3.8) is 0 Å². The molecule has 114 valence electrons. The van der Waals surface area contributed by atoms with E-state index < -0.39 is 6.03 Å². The Morgan fingerprint density at radius 1 is 1.10 bits per heavy atom. The van der Waals surface area contributed by atoms with Crippen molar-refractivity contribution in [3.05, 3.63) is 24.3 Å². The molecule has 3 amide bonds. The third-order valence-corrected chi connectivity index (χ3v) is 3.44. The Kier molecular flexibility index (Phi) is 5.13. The van der Waals surface area contributed by atoms with E-state index in [1.807, 2.05) is 0 Å². The van der Waals surface area contributed by atoms with Crippen LogP contribution in [0.15, 0.2) is 24.3 Å². The Labute approximate surface area is 123 Å². The molecular weight excluding hydrogens is 270 g/mol. The van der Waals surface area contributed by atoms with E-state index >= 15 is 0 Å². The molecule has 0 aliphatic carbocycles. The van der Waals surface area contributed by atoms with Gasteiger partial charge in [0, 0.05) is 30.5 Å². The monoisotopic (exact) mass is 291 g/mol. The summed E-state index contributed by atoms with van der Waals surface area (Å²) >= 11 is 0.